The number of hydrogen-bond donors (Lipinski definition) is 2. The molecule has 8 heteroatoms. The van der Waals surface area contributed by atoms with Gasteiger partial charge < -0.3 is 4.90 Å². The second-order valence-electron chi connectivity index (χ2n) is 5.50. The lowest BCUT2D eigenvalue weighted by molar-refractivity contribution is -0.137. The van der Waals surface area contributed by atoms with Crippen molar-refractivity contribution in [3.05, 3.63) is 29.8 Å². The first kappa shape index (κ1) is 17.6. The minimum absolute atomic E-state index is 0.236. The topological polar surface area (TPSA) is 61.6 Å². The van der Waals surface area contributed by atoms with Crippen LogP contribution in [0.3, 0.4) is 0 Å². The fraction of sp³-hybridized carbons (Fsp3) is 0.533. The molecule has 0 saturated carbocycles. The fourth-order valence-electron chi connectivity index (χ4n) is 2.88. The number of piperazine rings is 1. The number of nitrogens with zero attached hydrogens (tertiary/aromatic N) is 2. The molecular weight excluding hydrogens is 309 g/mol. The predicted octanol–water partition coefficient (Wildman–Crippen LogP) is 1.60. The van der Waals surface area contributed by atoms with Crippen LogP contribution in [0.4, 0.5) is 18.9 Å². The first-order valence-electron chi connectivity index (χ1n) is 7.53. The van der Waals surface area contributed by atoms with E-state index in [0.29, 0.717) is 38.3 Å². The number of halogens is 3. The molecule has 2 rings (SSSR count). The van der Waals surface area contributed by atoms with E-state index in [1.807, 2.05) is 16.7 Å². The maximum atomic E-state index is 12.8. The van der Waals surface area contributed by atoms with Crippen LogP contribution in [-0.4, -0.2) is 43.0 Å². The minimum Gasteiger partial charge on any atom is -0.369 e. The van der Waals surface area contributed by atoms with Crippen LogP contribution in [0.2, 0.25) is 0 Å². The Labute approximate surface area is 133 Å². The molecule has 1 aliphatic rings. The number of nitrogens with one attached hydrogen (secondary N) is 1. The highest BCUT2D eigenvalue weighted by molar-refractivity contribution is 5.81. The number of nitrogens with two attached hydrogens (primary N) is 1. The molecule has 1 saturated heterocycles. The Morgan fingerprint density at radius 2 is 1.96 bits per heavy atom. The van der Waals surface area contributed by atoms with Crippen molar-refractivity contribution < 1.29 is 18.0 Å². The number of anilines is 1. The summed E-state index contributed by atoms with van der Waals surface area (Å²) in [7, 11) is 0. The largest absolute Gasteiger partial charge is 0.416 e. The van der Waals surface area contributed by atoms with Crippen LogP contribution in [0, 0.1) is 0 Å². The average molecular weight is 330 g/mol. The molecule has 1 aliphatic heterocycles. The Hall–Kier alpha value is -1.80. The summed E-state index contributed by atoms with van der Waals surface area (Å²) in [6.07, 6.45) is -3.71. The normalized spacial score (nSPS) is 17.9. The van der Waals surface area contributed by atoms with Gasteiger partial charge in [-0.3, -0.25) is 15.1 Å². The van der Waals surface area contributed by atoms with Gasteiger partial charge in [-0.15, -0.1) is 0 Å². The van der Waals surface area contributed by atoms with Crippen molar-refractivity contribution in [2.24, 2.45) is 5.84 Å². The Balaban J connectivity index is 2.03. The number of carbonyl (C=O) groups is 1. The van der Waals surface area contributed by atoms with Crippen LogP contribution in [0.25, 0.3) is 0 Å². The van der Waals surface area contributed by atoms with Crippen LogP contribution in [-0.2, 0) is 11.0 Å². The van der Waals surface area contributed by atoms with Gasteiger partial charge in [0.15, 0.2) is 0 Å². The van der Waals surface area contributed by atoms with Crippen molar-refractivity contribution >= 4 is 11.6 Å². The Bertz CT molecular complexity index is 542. The number of benzene rings is 1. The second kappa shape index (κ2) is 7.18. The third-order valence-corrected chi connectivity index (χ3v) is 4.13. The molecule has 0 bridgehead atoms. The number of hydrogen-bond acceptors (Lipinski definition) is 4. The molecular formula is C15H21F3N4O. The van der Waals surface area contributed by atoms with Crippen LogP contribution in [0.15, 0.2) is 24.3 Å². The van der Waals surface area contributed by atoms with Gasteiger partial charge in [0.1, 0.15) is 0 Å². The number of rotatable bonds is 4. The lowest BCUT2D eigenvalue weighted by atomic mass is 10.1. The van der Waals surface area contributed by atoms with Crippen molar-refractivity contribution in [1.29, 1.82) is 0 Å². The van der Waals surface area contributed by atoms with Gasteiger partial charge in [0.2, 0.25) is 0 Å². The molecule has 3 N–H and O–H groups in total. The van der Waals surface area contributed by atoms with Crippen molar-refractivity contribution in [3.63, 3.8) is 0 Å². The van der Waals surface area contributed by atoms with Gasteiger partial charge in [-0.2, -0.15) is 13.2 Å². The molecule has 1 amide bonds. The van der Waals surface area contributed by atoms with Crippen LogP contribution < -0.4 is 16.2 Å². The van der Waals surface area contributed by atoms with Crippen LogP contribution in [0.5, 0.6) is 0 Å². The molecule has 1 unspecified atom stereocenters. The maximum absolute atomic E-state index is 12.8. The summed E-state index contributed by atoms with van der Waals surface area (Å²) in [4.78, 5) is 15.6. The summed E-state index contributed by atoms with van der Waals surface area (Å²) in [6, 6.07) is 5.03. The lowest BCUT2D eigenvalue weighted by Crippen LogP contribution is -2.55. The summed E-state index contributed by atoms with van der Waals surface area (Å²) in [5, 5.41) is 0. The van der Waals surface area contributed by atoms with Crippen LogP contribution in [0.1, 0.15) is 18.9 Å². The zero-order valence-corrected chi connectivity index (χ0v) is 12.9. The molecule has 128 valence electrons. The molecule has 1 fully saturated rings. The molecule has 0 aromatic heterocycles. The number of alkyl halides is 3. The molecule has 1 atom stereocenters. The molecule has 5 nitrogen and oxygen atoms in total. The highest BCUT2D eigenvalue weighted by atomic mass is 19.4. The van der Waals surface area contributed by atoms with Gasteiger partial charge in [0.25, 0.3) is 5.91 Å². The van der Waals surface area contributed by atoms with Gasteiger partial charge in [-0.05, 0) is 24.6 Å². The van der Waals surface area contributed by atoms with Crippen molar-refractivity contribution in [2.75, 3.05) is 31.1 Å². The summed E-state index contributed by atoms with van der Waals surface area (Å²) in [5.74, 6) is 4.95. The monoisotopic (exact) mass is 330 g/mol. The lowest BCUT2D eigenvalue weighted by Gasteiger charge is -2.39. The summed E-state index contributed by atoms with van der Waals surface area (Å²) < 4.78 is 38.4. The zero-order valence-electron chi connectivity index (χ0n) is 12.9. The van der Waals surface area contributed by atoms with E-state index in [1.54, 1.807) is 6.07 Å². The molecule has 1 heterocycles. The van der Waals surface area contributed by atoms with E-state index in [1.165, 1.54) is 12.1 Å². The summed E-state index contributed by atoms with van der Waals surface area (Å²) in [6.45, 7) is 4.23. The van der Waals surface area contributed by atoms with Gasteiger partial charge in [0, 0.05) is 31.9 Å². The zero-order chi connectivity index (χ0) is 17.0. The minimum atomic E-state index is -4.34. The van der Waals surface area contributed by atoms with Crippen molar-refractivity contribution in [1.82, 2.24) is 10.3 Å². The third-order valence-electron chi connectivity index (χ3n) is 4.13. The summed E-state index contributed by atoms with van der Waals surface area (Å²) in [5.41, 5.74) is 2.07. The SMILES string of the molecule is CCC(C(=O)NN)N1CCN(c2cccc(C(F)(F)F)c2)CC1. The average Bonchev–Trinajstić information content (AvgIpc) is 2.55. The molecule has 0 spiro atoms. The predicted molar refractivity (Wildman–Crippen MR) is 81.6 cm³/mol. The number of carbonyl (C=O) groups excluding carboxylic acids is 1. The smallest absolute Gasteiger partial charge is 0.369 e. The quantitative estimate of drug-likeness (QED) is 0.500. The number of hydrazine groups is 1. The number of amides is 1. The molecule has 1 aromatic rings. The molecule has 23 heavy (non-hydrogen) atoms. The van der Waals surface area contributed by atoms with Gasteiger partial charge in [-0.25, -0.2) is 5.84 Å². The van der Waals surface area contributed by atoms with Gasteiger partial charge >= 0.3 is 6.18 Å². The van der Waals surface area contributed by atoms with E-state index in [-0.39, 0.29) is 11.9 Å². The molecule has 1 aromatic carbocycles. The molecule has 0 aliphatic carbocycles. The summed E-state index contributed by atoms with van der Waals surface area (Å²) >= 11 is 0. The van der Waals surface area contributed by atoms with E-state index < -0.39 is 11.7 Å². The first-order valence-corrected chi connectivity index (χ1v) is 7.53. The Morgan fingerprint density at radius 3 is 2.48 bits per heavy atom. The van der Waals surface area contributed by atoms with Crippen LogP contribution >= 0.6 is 0 Å². The maximum Gasteiger partial charge on any atom is 0.416 e. The third kappa shape index (κ3) is 4.14. The van der Waals surface area contributed by atoms with E-state index in [2.05, 4.69) is 5.43 Å². The standard InChI is InChI=1S/C15H21F3N4O/c1-2-13(14(23)20-19)22-8-6-21(7-9-22)12-5-3-4-11(10-12)15(16,17)18/h3-5,10,13H,2,6-9,19H2,1H3,(H,20,23). The highest BCUT2D eigenvalue weighted by Crippen LogP contribution is 2.31. The van der Waals surface area contributed by atoms with Gasteiger partial charge in [0.05, 0.1) is 11.6 Å². The van der Waals surface area contributed by atoms with E-state index in [0.717, 1.165) is 6.07 Å². The fourth-order valence-corrected chi connectivity index (χ4v) is 2.88. The Morgan fingerprint density at radius 1 is 1.30 bits per heavy atom. The van der Waals surface area contributed by atoms with E-state index >= 15 is 0 Å². The second-order valence-corrected chi connectivity index (χ2v) is 5.50. The van der Waals surface area contributed by atoms with Gasteiger partial charge in [-0.1, -0.05) is 13.0 Å². The first-order chi connectivity index (χ1) is 10.9. The van der Waals surface area contributed by atoms with E-state index in [9.17, 15) is 18.0 Å². The highest BCUT2D eigenvalue weighted by Gasteiger charge is 2.32. The molecule has 0 radical (unpaired) electrons. The van der Waals surface area contributed by atoms with Crippen molar-refractivity contribution in [2.45, 2.75) is 25.6 Å². The Kier molecular flexibility index (Phi) is 5.48. The van der Waals surface area contributed by atoms with Crippen molar-refractivity contribution in [3.8, 4) is 0 Å². The van der Waals surface area contributed by atoms with E-state index in [4.69, 9.17) is 5.84 Å².